The van der Waals surface area contributed by atoms with Crippen LogP contribution < -0.4 is 0 Å². The monoisotopic (exact) mass is 1150 g/mol. The van der Waals surface area contributed by atoms with E-state index < -0.39 is 6.10 Å². The van der Waals surface area contributed by atoms with Crippen LogP contribution in [-0.2, 0) is 28.6 Å². The number of unbranched alkanes of at least 4 members (excludes halogenated alkanes) is 32. The van der Waals surface area contributed by atoms with Gasteiger partial charge in [-0.2, -0.15) is 0 Å². The van der Waals surface area contributed by atoms with E-state index in [1.165, 1.54) is 154 Å². The van der Waals surface area contributed by atoms with Gasteiger partial charge in [0.05, 0.1) is 0 Å². The summed E-state index contributed by atoms with van der Waals surface area (Å²) < 4.78 is 17.0. The van der Waals surface area contributed by atoms with Crippen molar-refractivity contribution in [3.8, 4) is 0 Å². The Labute approximate surface area is 513 Å². The number of hydrogen-bond acceptors (Lipinski definition) is 6. The summed E-state index contributed by atoms with van der Waals surface area (Å²) in [6, 6.07) is 0. The van der Waals surface area contributed by atoms with Crippen LogP contribution in [0.1, 0.15) is 329 Å². The molecule has 0 saturated carbocycles. The van der Waals surface area contributed by atoms with Gasteiger partial charge in [-0.1, -0.05) is 303 Å². The van der Waals surface area contributed by atoms with Crippen LogP contribution in [0.2, 0.25) is 0 Å². The predicted molar refractivity (Wildman–Crippen MR) is 362 cm³/mol. The Morgan fingerprint density at radius 3 is 0.747 bits per heavy atom. The maximum absolute atomic E-state index is 13.0. The van der Waals surface area contributed by atoms with Gasteiger partial charge in [-0.05, 0) is 128 Å². The minimum atomic E-state index is -0.793. The zero-order chi connectivity index (χ0) is 59.9. The van der Waals surface area contributed by atoms with E-state index in [1.54, 1.807) is 0 Å². The molecule has 0 bridgehead atoms. The Kier molecular flexibility index (Phi) is 66.7. The summed E-state index contributed by atoms with van der Waals surface area (Å²) in [5.41, 5.74) is 0. The van der Waals surface area contributed by atoms with E-state index in [2.05, 4.69) is 142 Å². The summed E-state index contributed by atoms with van der Waals surface area (Å²) in [5, 5.41) is 0. The Bertz CT molecular complexity index is 1700. The van der Waals surface area contributed by atoms with Gasteiger partial charge in [0.15, 0.2) is 6.10 Å². The number of ether oxygens (including phenoxy) is 3. The van der Waals surface area contributed by atoms with Gasteiger partial charge in [0.2, 0.25) is 0 Å². The molecule has 0 rings (SSSR count). The number of hydrogen-bond donors (Lipinski definition) is 0. The normalized spacial score (nSPS) is 12.9. The van der Waals surface area contributed by atoms with Gasteiger partial charge in [-0.15, -0.1) is 0 Å². The van der Waals surface area contributed by atoms with Gasteiger partial charge < -0.3 is 14.2 Å². The minimum absolute atomic E-state index is 0.0874. The highest BCUT2D eigenvalue weighted by Gasteiger charge is 2.19. The third-order valence-corrected chi connectivity index (χ3v) is 14.9. The summed E-state index contributed by atoms with van der Waals surface area (Å²) in [4.78, 5) is 38.5. The first-order valence-electron chi connectivity index (χ1n) is 35.0. The van der Waals surface area contributed by atoms with Crippen molar-refractivity contribution in [1.82, 2.24) is 0 Å². The highest BCUT2D eigenvalue weighted by Crippen LogP contribution is 2.16. The molecule has 0 aliphatic carbocycles. The molecule has 0 aliphatic rings. The first kappa shape index (κ1) is 78.8. The van der Waals surface area contributed by atoms with Crippen molar-refractivity contribution in [2.45, 2.75) is 335 Å². The molecule has 0 fully saturated rings. The van der Waals surface area contributed by atoms with Crippen molar-refractivity contribution in [1.29, 1.82) is 0 Å². The third kappa shape index (κ3) is 68.5. The van der Waals surface area contributed by atoms with Crippen molar-refractivity contribution in [3.63, 3.8) is 0 Å². The molecule has 0 heterocycles. The van der Waals surface area contributed by atoms with Crippen molar-refractivity contribution in [2.24, 2.45) is 0 Å². The molecule has 0 aromatic carbocycles. The quantitative estimate of drug-likeness (QED) is 0.0261. The smallest absolute Gasteiger partial charge is 0.306 e. The molecule has 0 aromatic rings. The molecule has 0 aliphatic heterocycles. The van der Waals surface area contributed by atoms with Crippen LogP contribution in [0.3, 0.4) is 0 Å². The van der Waals surface area contributed by atoms with Gasteiger partial charge in [0.1, 0.15) is 13.2 Å². The molecule has 0 spiro atoms. The predicted octanol–water partition coefficient (Wildman–Crippen LogP) is 24.3. The van der Waals surface area contributed by atoms with Crippen LogP contribution in [0.15, 0.2) is 122 Å². The summed E-state index contributed by atoms with van der Waals surface area (Å²) in [6.07, 6.45) is 97.9. The number of allylic oxidation sites excluding steroid dienone is 20. The first-order chi connectivity index (χ1) is 41.0. The van der Waals surface area contributed by atoms with E-state index in [9.17, 15) is 14.4 Å². The van der Waals surface area contributed by atoms with Crippen LogP contribution in [0.25, 0.3) is 0 Å². The highest BCUT2D eigenvalue weighted by molar-refractivity contribution is 5.71. The van der Waals surface area contributed by atoms with Crippen molar-refractivity contribution < 1.29 is 28.6 Å². The number of rotatable bonds is 63. The first-order valence-corrected chi connectivity index (χ1v) is 35.0. The second kappa shape index (κ2) is 70.3. The van der Waals surface area contributed by atoms with Crippen LogP contribution >= 0.6 is 0 Å². The lowest BCUT2D eigenvalue weighted by Gasteiger charge is -2.18. The van der Waals surface area contributed by atoms with E-state index in [1.807, 2.05) is 0 Å². The molecule has 0 radical (unpaired) electrons. The summed E-state index contributed by atoms with van der Waals surface area (Å²) in [7, 11) is 0. The Morgan fingerprint density at radius 1 is 0.253 bits per heavy atom. The van der Waals surface area contributed by atoms with Crippen LogP contribution in [0, 0.1) is 0 Å². The van der Waals surface area contributed by atoms with Gasteiger partial charge >= 0.3 is 17.9 Å². The molecule has 0 saturated heterocycles. The number of esters is 3. The fraction of sp³-hybridized carbons (Fsp3) is 0.701. The van der Waals surface area contributed by atoms with Gasteiger partial charge in [0, 0.05) is 19.3 Å². The highest BCUT2D eigenvalue weighted by atomic mass is 16.6. The van der Waals surface area contributed by atoms with Gasteiger partial charge in [-0.25, -0.2) is 0 Å². The zero-order valence-corrected chi connectivity index (χ0v) is 54.4. The van der Waals surface area contributed by atoms with Gasteiger partial charge in [0.25, 0.3) is 0 Å². The van der Waals surface area contributed by atoms with Crippen LogP contribution in [0.4, 0.5) is 0 Å². The average molecular weight is 1150 g/mol. The number of carbonyl (C=O) groups excluding carboxylic acids is 3. The van der Waals surface area contributed by atoms with E-state index in [0.717, 1.165) is 135 Å². The Morgan fingerprint density at radius 2 is 0.470 bits per heavy atom. The topological polar surface area (TPSA) is 78.9 Å². The summed E-state index contributed by atoms with van der Waals surface area (Å²) in [6.45, 7) is 6.43. The van der Waals surface area contributed by atoms with Crippen molar-refractivity contribution in [2.75, 3.05) is 13.2 Å². The van der Waals surface area contributed by atoms with Crippen LogP contribution in [0.5, 0.6) is 0 Å². The molecule has 1 unspecified atom stereocenters. The van der Waals surface area contributed by atoms with E-state index >= 15 is 0 Å². The largest absolute Gasteiger partial charge is 0.462 e. The molecular weight excluding hydrogens is 1020 g/mol. The van der Waals surface area contributed by atoms with E-state index in [-0.39, 0.29) is 31.1 Å². The molecule has 474 valence electrons. The average Bonchev–Trinajstić information content (AvgIpc) is 3.49. The molecule has 0 amide bonds. The molecule has 6 nitrogen and oxygen atoms in total. The maximum atomic E-state index is 13.0. The fourth-order valence-electron chi connectivity index (χ4n) is 9.75. The molecule has 1 atom stereocenters. The molecule has 6 heteroatoms. The lowest BCUT2D eigenvalue weighted by Crippen LogP contribution is -2.30. The second-order valence-electron chi connectivity index (χ2n) is 23.0. The third-order valence-electron chi connectivity index (χ3n) is 14.9. The van der Waals surface area contributed by atoms with Crippen molar-refractivity contribution in [3.05, 3.63) is 122 Å². The molecular formula is C77H130O6. The maximum Gasteiger partial charge on any atom is 0.306 e. The fourth-order valence-corrected chi connectivity index (χ4v) is 9.75. The lowest BCUT2D eigenvalue weighted by molar-refractivity contribution is -0.167. The Hall–Kier alpha value is -4.19. The zero-order valence-electron chi connectivity index (χ0n) is 54.4. The molecule has 83 heavy (non-hydrogen) atoms. The SMILES string of the molecule is CC/C=C\C/C=C\C/C=C\C/C=C\C/C=C\C/C=C\CCCCCCCCCCCCC(=O)OCC(COC(=O)CCCCCCC/C=C\C/C=C\C/C=C\CC)OC(=O)CCCCCCCCCCC/C=C\CCCCCCCCCC. The van der Waals surface area contributed by atoms with Crippen molar-refractivity contribution >= 4 is 17.9 Å². The van der Waals surface area contributed by atoms with Gasteiger partial charge in [-0.3, -0.25) is 14.4 Å². The Balaban J connectivity index is 4.34. The van der Waals surface area contributed by atoms with Crippen LogP contribution in [-0.4, -0.2) is 37.2 Å². The van der Waals surface area contributed by atoms with E-state index in [0.29, 0.717) is 19.3 Å². The molecule has 0 N–H and O–H groups in total. The standard InChI is InChI=1S/C77H130O6/c1-4-7-10-13-16-19-22-25-28-30-32-34-35-36-37-38-39-40-41-43-44-46-49-52-55-58-61-64-67-70-76(79)82-73-74(72-81-75(78)69-66-63-60-57-54-51-48-27-24-21-18-15-12-9-6-3)83-77(80)71-68-65-62-59-56-53-50-47-45-42-33-31-29-26-23-20-17-14-11-8-5-2/h7,9-10,12,16,18-19,21,25,27-28,31-34,36-37,39-40,48,74H,4-6,8,11,13-15,17,20,22-24,26,29-30,35,38,41-47,49-73H2,1-3H3/b10-7-,12-9-,19-16-,21-18-,28-25-,33-31-,34-32-,37-36-,40-39-,48-27-. The van der Waals surface area contributed by atoms with E-state index in [4.69, 9.17) is 14.2 Å². The summed E-state index contributed by atoms with van der Waals surface area (Å²) in [5.74, 6) is -0.900. The second-order valence-corrected chi connectivity index (χ2v) is 23.0. The summed E-state index contributed by atoms with van der Waals surface area (Å²) >= 11 is 0. The lowest BCUT2D eigenvalue weighted by atomic mass is 10.0. The number of carbonyl (C=O) groups is 3. The minimum Gasteiger partial charge on any atom is -0.462 e. The molecule has 0 aromatic heterocycles.